The second kappa shape index (κ2) is 7.17. The van der Waals surface area contributed by atoms with Crippen molar-refractivity contribution >= 4 is 17.4 Å². The van der Waals surface area contributed by atoms with Crippen molar-refractivity contribution in [1.82, 2.24) is 10.2 Å². The molecule has 2 amide bonds. The van der Waals surface area contributed by atoms with Gasteiger partial charge in [-0.15, -0.1) is 11.3 Å². The lowest BCUT2D eigenvalue weighted by Gasteiger charge is -2.15. The average molecular weight is 278 g/mol. The van der Waals surface area contributed by atoms with E-state index in [0.717, 1.165) is 36.4 Å². The third kappa shape index (κ3) is 4.27. The van der Waals surface area contributed by atoms with Crippen LogP contribution < -0.4 is 5.32 Å². The molecule has 19 heavy (non-hydrogen) atoms. The zero-order chi connectivity index (χ0) is 13.5. The number of carbonyl (C=O) groups is 1. The van der Waals surface area contributed by atoms with E-state index in [4.69, 9.17) is 5.11 Å². The molecule has 0 aliphatic carbocycles. The molecule has 0 aromatic carbocycles. The second-order valence-corrected chi connectivity index (χ2v) is 5.43. The first-order valence-corrected chi connectivity index (χ1v) is 7.37. The van der Waals surface area contributed by atoms with Crippen molar-refractivity contribution in [3.8, 4) is 11.8 Å². The van der Waals surface area contributed by atoms with Gasteiger partial charge in [-0.25, -0.2) is 4.79 Å². The number of thiophene rings is 1. The van der Waals surface area contributed by atoms with Crippen LogP contribution in [0.2, 0.25) is 0 Å². The molecule has 0 spiro atoms. The largest absolute Gasteiger partial charge is 0.395 e. The minimum absolute atomic E-state index is 0.0267. The first-order valence-electron chi connectivity index (χ1n) is 6.49. The maximum Gasteiger partial charge on any atom is 0.317 e. The molecule has 2 heterocycles. The van der Waals surface area contributed by atoms with Crippen LogP contribution in [0, 0.1) is 11.8 Å². The summed E-state index contributed by atoms with van der Waals surface area (Å²) in [7, 11) is 0. The Hall–Kier alpha value is -1.51. The van der Waals surface area contributed by atoms with Crippen LogP contribution in [-0.4, -0.2) is 35.7 Å². The minimum Gasteiger partial charge on any atom is -0.395 e. The van der Waals surface area contributed by atoms with Crippen LogP contribution in [0.5, 0.6) is 0 Å². The smallest absolute Gasteiger partial charge is 0.317 e. The second-order valence-electron chi connectivity index (χ2n) is 4.43. The number of hydrogen-bond donors (Lipinski definition) is 2. The van der Waals surface area contributed by atoms with Gasteiger partial charge in [0.05, 0.1) is 13.2 Å². The van der Waals surface area contributed by atoms with Crippen LogP contribution in [0.25, 0.3) is 0 Å². The van der Waals surface area contributed by atoms with Crippen molar-refractivity contribution in [2.24, 2.45) is 0 Å². The molecule has 0 atom stereocenters. The number of nitrogens with zero attached hydrogens (tertiary/aromatic N) is 1. The van der Waals surface area contributed by atoms with E-state index < -0.39 is 0 Å². The van der Waals surface area contributed by atoms with Gasteiger partial charge in [-0.2, -0.15) is 0 Å². The summed E-state index contributed by atoms with van der Waals surface area (Å²) >= 11 is 1.59. The van der Waals surface area contributed by atoms with Crippen LogP contribution in [0.4, 0.5) is 4.79 Å². The van der Waals surface area contributed by atoms with E-state index in [1.807, 2.05) is 16.3 Å². The van der Waals surface area contributed by atoms with E-state index in [1.165, 1.54) is 0 Å². The summed E-state index contributed by atoms with van der Waals surface area (Å²) in [5.74, 6) is 5.87. The van der Waals surface area contributed by atoms with Crippen LogP contribution in [0.15, 0.2) is 11.4 Å². The molecule has 2 rings (SSSR count). The quantitative estimate of drug-likeness (QED) is 0.828. The van der Waals surface area contributed by atoms with Gasteiger partial charge in [-0.05, 0) is 18.9 Å². The number of carbonyl (C=O) groups excluding carboxylic acids is 1. The Morgan fingerprint density at radius 3 is 3.00 bits per heavy atom. The fraction of sp³-hybridized carbons (Fsp3) is 0.500. The van der Waals surface area contributed by atoms with E-state index in [-0.39, 0.29) is 12.6 Å². The molecular formula is C14H18N2O2S. The predicted molar refractivity (Wildman–Crippen MR) is 75.9 cm³/mol. The Bertz CT molecular complexity index is 481. The van der Waals surface area contributed by atoms with Gasteiger partial charge >= 0.3 is 6.03 Å². The maximum absolute atomic E-state index is 11.8. The van der Waals surface area contributed by atoms with Gasteiger partial charge in [0.1, 0.15) is 0 Å². The van der Waals surface area contributed by atoms with Crippen molar-refractivity contribution < 1.29 is 9.90 Å². The Balaban J connectivity index is 1.80. The first kappa shape index (κ1) is 13.9. The van der Waals surface area contributed by atoms with Gasteiger partial charge < -0.3 is 15.3 Å². The van der Waals surface area contributed by atoms with E-state index in [2.05, 4.69) is 17.2 Å². The Kier molecular flexibility index (Phi) is 5.25. The van der Waals surface area contributed by atoms with Crippen molar-refractivity contribution in [2.45, 2.75) is 25.8 Å². The monoisotopic (exact) mass is 278 g/mol. The van der Waals surface area contributed by atoms with E-state index in [0.29, 0.717) is 13.0 Å². The molecule has 1 aliphatic heterocycles. The average Bonchev–Trinajstić information content (AvgIpc) is 3.08. The number of nitrogens with one attached hydrogen (secondary N) is 1. The third-order valence-corrected chi connectivity index (χ3v) is 3.87. The van der Waals surface area contributed by atoms with Gasteiger partial charge in [0.2, 0.25) is 0 Å². The molecule has 1 aromatic rings. The fourth-order valence-corrected chi connectivity index (χ4v) is 2.71. The lowest BCUT2D eigenvalue weighted by molar-refractivity contribution is 0.208. The normalized spacial score (nSPS) is 14.1. The van der Waals surface area contributed by atoms with Crippen LogP contribution in [0.1, 0.15) is 29.7 Å². The molecule has 5 heteroatoms. The predicted octanol–water partition coefficient (Wildman–Crippen LogP) is 1.79. The third-order valence-electron chi connectivity index (χ3n) is 2.93. The lowest BCUT2D eigenvalue weighted by atomic mass is 10.3. The van der Waals surface area contributed by atoms with Gasteiger partial charge in [-0.1, -0.05) is 11.8 Å². The molecule has 102 valence electrons. The van der Waals surface area contributed by atoms with Crippen LogP contribution in [0.3, 0.4) is 0 Å². The summed E-state index contributed by atoms with van der Waals surface area (Å²) in [6, 6.07) is 2.01. The molecule has 1 saturated heterocycles. The number of aliphatic hydroxyl groups is 1. The first-order chi connectivity index (χ1) is 9.29. The van der Waals surface area contributed by atoms with Gasteiger partial charge in [-0.3, -0.25) is 0 Å². The van der Waals surface area contributed by atoms with Crippen molar-refractivity contribution in [1.29, 1.82) is 0 Å². The zero-order valence-electron chi connectivity index (χ0n) is 10.8. The SMILES string of the molecule is O=C(NCc1cc(C#CCCO)cs1)N1CCCC1. The molecule has 1 aromatic heterocycles. The number of likely N-dealkylation sites (tertiary alicyclic amines) is 1. The van der Waals surface area contributed by atoms with Crippen molar-refractivity contribution in [2.75, 3.05) is 19.7 Å². The number of hydrogen-bond acceptors (Lipinski definition) is 3. The Morgan fingerprint density at radius 1 is 1.47 bits per heavy atom. The highest BCUT2D eigenvalue weighted by Crippen LogP contribution is 2.14. The molecule has 1 fully saturated rings. The standard InChI is InChI=1S/C14H18N2O2S/c17-8-4-1-5-12-9-13(19-11-12)10-15-14(18)16-6-2-3-7-16/h9,11,17H,2-4,6-8,10H2,(H,15,18). The summed E-state index contributed by atoms with van der Waals surface area (Å²) in [6.45, 7) is 2.39. The summed E-state index contributed by atoms with van der Waals surface area (Å²) < 4.78 is 0. The highest BCUT2D eigenvalue weighted by atomic mass is 32.1. The maximum atomic E-state index is 11.8. The molecule has 0 bridgehead atoms. The molecule has 0 radical (unpaired) electrons. The fourth-order valence-electron chi connectivity index (χ4n) is 1.95. The Morgan fingerprint density at radius 2 is 2.26 bits per heavy atom. The zero-order valence-corrected chi connectivity index (χ0v) is 11.6. The van der Waals surface area contributed by atoms with E-state index in [9.17, 15) is 4.79 Å². The Labute approximate surface area is 117 Å². The number of aliphatic hydroxyl groups excluding tert-OH is 1. The van der Waals surface area contributed by atoms with Gasteiger partial charge in [0.15, 0.2) is 0 Å². The molecule has 2 N–H and O–H groups in total. The molecule has 1 aliphatic rings. The lowest BCUT2D eigenvalue weighted by Crippen LogP contribution is -2.37. The van der Waals surface area contributed by atoms with Crippen LogP contribution >= 0.6 is 11.3 Å². The molecule has 4 nitrogen and oxygen atoms in total. The minimum atomic E-state index is 0.0267. The molecule has 0 unspecified atom stereocenters. The summed E-state index contributed by atoms with van der Waals surface area (Å²) in [4.78, 5) is 14.8. The number of urea groups is 1. The van der Waals surface area contributed by atoms with Crippen LogP contribution in [-0.2, 0) is 6.54 Å². The highest BCUT2D eigenvalue weighted by molar-refractivity contribution is 7.10. The van der Waals surface area contributed by atoms with Crippen molar-refractivity contribution in [3.63, 3.8) is 0 Å². The van der Waals surface area contributed by atoms with E-state index in [1.54, 1.807) is 11.3 Å². The topological polar surface area (TPSA) is 52.6 Å². The number of amides is 2. The van der Waals surface area contributed by atoms with Gasteiger partial charge in [0, 0.05) is 35.3 Å². The molecule has 0 saturated carbocycles. The summed E-state index contributed by atoms with van der Waals surface area (Å²) in [5.41, 5.74) is 0.948. The summed E-state index contributed by atoms with van der Waals surface area (Å²) in [5, 5.41) is 13.6. The van der Waals surface area contributed by atoms with Gasteiger partial charge in [0.25, 0.3) is 0 Å². The van der Waals surface area contributed by atoms with Crippen molar-refractivity contribution in [3.05, 3.63) is 21.9 Å². The van der Waals surface area contributed by atoms with E-state index >= 15 is 0 Å². The highest BCUT2D eigenvalue weighted by Gasteiger charge is 2.17. The molecular weight excluding hydrogens is 260 g/mol. The summed E-state index contributed by atoms with van der Waals surface area (Å²) in [6.07, 6.45) is 2.71. The number of rotatable bonds is 3.